The van der Waals surface area contributed by atoms with Crippen LogP contribution in [0.3, 0.4) is 0 Å². The summed E-state index contributed by atoms with van der Waals surface area (Å²) in [7, 11) is 1.46. The Morgan fingerprint density at radius 2 is 2.07 bits per heavy atom. The molecular formula is C12H18FNO. The van der Waals surface area contributed by atoms with Gasteiger partial charge < -0.3 is 10.5 Å². The number of benzene rings is 1. The van der Waals surface area contributed by atoms with Crippen molar-refractivity contribution in [3.05, 3.63) is 29.6 Å². The summed E-state index contributed by atoms with van der Waals surface area (Å²) in [4.78, 5) is 0. The molecule has 0 aliphatic rings. The summed E-state index contributed by atoms with van der Waals surface area (Å²) in [5.41, 5.74) is 6.58. The van der Waals surface area contributed by atoms with Crippen molar-refractivity contribution >= 4 is 0 Å². The fourth-order valence-corrected chi connectivity index (χ4v) is 1.44. The van der Waals surface area contributed by atoms with Gasteiger partial charge in [0, 0.05) is 0 Å². The summed E-state index contributed by atoms with van der Waals surface area (Å²) >= 11 is 0. The molecule has 15 heavy (non-hydrogen) atoms. The predicted octanol–water partition coefficient (Wildman–Crippen LogP) is 2.36. The quantitative estimate of drug-likeness (QED) is 0.829. The second-order valence-electron chi connectivity index (χ2n) is 4.51. The van der Waals surface area contributed by atoms with Crippen molar-refractivity contribution in [1.29, 1.82) is 0 Å². The summed E-state index contributed by atoms with van der Waals surface area (Å²) in [6, 6.07) is 5.03. The maximum Gasteiger partial charge on any atom is 0.165 e. The minimum atomic E-state index is -0.317. The van der Waals surface area contributed by atoms with Crippen LogP contribution in [0.1, 0.15) is 19.4 Å². The fourth-order valence-electron chi connectivity index (χ4n) is 1.44. The van der Waals surface area contributed by atoms with Crippen LogP contribution in [0.15, 0.2) is 18.2 Å². The van der Waals surface area contributed by atoms with Crippen molar-refractivity contribution in [1.82, 2.24) is 0 Å². The minimum Gasteiger partial charge on any atom is -0.494 e. The highest BCUT2D eigenvalue weighted by atomic mass is 19.1. The lowest BCUT2D eigenvalue weighted by molar-refractivity contribution is 0.371. The minimum absolute atomic E-state index is 0.00102. The Balaban J connectivity index is 2.84. The van der Waals surface area contributed by atoms with Gasteiger partial charge in [-0.25, -0.2) is 4.39 Å². The molecule has 1 rings (SSSR count). The second kappa shape index (κ2) is 4.62. The Morgan fingerprint density at radius 3 is 2.53 bits per heavy atom. The van der Waals surface area contributed by atoms with Gasteiger partial charge in [0.2, 0.25) is 0 Å². The third-order valence-corrected chi connectivity index (χ3v) is 2.45. The first-order chi connectivity index (χ1) is 6.98. The highest BCUT2D eigenvalue weighted by Gasteiger charge is 2.17. The maximum absolute atomic E-state index is 13.4. The van der Waals surface area contributed by atoms with Gasteiger partial charge in [0.15, 0.2) is 11.6 Å². The van der Waals surface area contributed by atoms with E-state index >= 15 is 0 Å². The largest absolute Gasteiger partial charge is 0.494 e. The average Bonchev–Trinajstić information content (AvgIpc) is 2.17. The number of hydrogen-bond acceptors (Lipinski definition) is 2. The van der Waals surface area contributed by atoms with Crippen molar-refractivity contribution in [2.24, 2.45) is 11.1 Å². The Hall–Kier alpha value is -1.09. The standard InChI is InChI=1S/C12H18FNO/c1-12(2,8-14)7-9-4-5-11(15-3)10(13)6-9/h4-6H,7-8,14H2,1-3H3. The van der Waals surface area contributed by atoms with E-state index in [4.69, 9.17) is 10.5 Å². The van der Waals surface area contributed by atoms with Crippen molar-refractivity contribution < 1.29 is 9.13 Å². The molecule has 0 spiro atoms. The molecule has 0 unspecified atom stereocenters. The molecule has 0 heterocycles. The monoisotopic (exact) mass is 211 g/mol. The lowest BCUT2D eigenvalue weighted by atomic mass is 9.86. The highest BCUT2D eigenvalue weighted by molar-refractivity contribution is 5.29. The zero-order valence-corrected chi connectivity index (χ0v) is 9.51. The molecule has 0 saturated heterocycles. The summed E-state index contributed by atoms with van der Waals surface area (Å²) in [5.74, 6) is -0.0351. The molecule has 0 bridgehead atoms. The second-order valence-corrected chi connectivity index (χ2v) is 4.51. The van der Waals surface area contributed by atoms with E-state index in [2.05, 4.69) is 13.8 Å². The van der Waals surface area contributed by atoms with Gasteiger partial charge in [-0.1, -0.05) is 19.9 Å². The Labute approximate surface area is 90.2 Å². The lowest BCUT2D eigenvalue weighted by Crippen LogP contribution is -2.25. The smallest absolute Gasteiger partial charge is 0.165 e. The van der Waals surface area contributed by atoms with Gasteiger partial charge in [-0.15, -0.1) is 0 Å². The molecule has 84 valence electrons. The van der Waals surface area contributed by atoms with Gasteiger partial charge in [-0.3, -0.25) is 0 Å². The van der Waals surface area contributed by atoms with Crippen LogP contribution in [0.5, 0.6) is 5.75 Å². The van der Waals surface area contributed by atoms with Crippen molar-refractivity contribution in [3.8, 4) is 5.75 Å². The number of hydrogen-bond donors (Lipinski definition) is 1. The molecular weight excluding hydrogens is 193 g/mol. The zero-order chi connectivity index (χ0) is 11.5. The van der Waals surface area contributed by atoms with Crippen LogP contribution in [0.2, 0.25) is 0 Å². The molecule has 0 amide bonds. The van der Waals surface area contributed by atoms with E-state index in [9.17, 15) is 4.39 Å². The van der Waals surface area contributed by atoms with Gasteiger partial charge in [0.25, 0.3) is 0 Å². The first kappa shape index (κ1) is 12.0. The molecule has 0 saturated carbocycles. The van der Waals surface area contributed by atoms with E-state index in [-0.39, 0.29) is 17.0 Å². The molecule has 0 aliphatic heterocycles. The molecule has 2 N–H and O–H groups in total. The maximum atomic E-state index is 13.4. The van der Waals surface area contributed by atoms with Gasteiger partial charge >= 0.3 is 0 Å². The number of halogens is 1. The van der Waals surface area contributed by atoms with Crippen LogP contribution in [0.4, 0.5) is 4.39 Å². The van der Waals surface area contributed by atoms with Crippen LogP contribution in [0.25, 0.3) is 0 Å². The molecule has 3 heteroatoms. The molecule has 2 nitrogen and oxygen atoms in total. The molecule has 1 aromatic carbocycles. The summed E-state index contributed by atoms with van der Waals surface area (Å²) in [6.45, 7) is 4.71. The Kier molecular flexibility index (Phi) is 3.69. The summed E-state index contributed by atoms with van der Waals surface area (Å²) in [5, 5.41) is 0. The van der Waals surface area contributed by atoms with Crippen LogP contribution in [-0.4, -0.2) is 13.7 Å². The van der Waals surface area contributed by atoms with Crippen LogP contribution < -0.4 is 10.5 Å². The van der Waals surface area contributed by atoms with Crippen molar-refractivity contribution in [2.75, 3.05) is 13.7 Å². The molecule has 1 aromatic rings. The first-order valence-corrected chi connectivity index (χ1v) is 5.01. The normalized spacial score (nSPS) is 11.5. The van der Waals surface area contributed by atoms with Gasteiger partial charge in [-0.2, -0.15) is 0 Å². The van der Waals surface area contributed by atoms with E-state index in [1.54, 1.807) is 6.07 Å². The van der Waals surface area contributed by atoms with Crippen molar-refractivity contribution in [2.45, 2.75) is 20.3 Å². The first-order valence-electron chi connectivity index (χ1n) is 5.01. The molecule has 0 atom stereocenters. The van der Waals surface area contributed by atoms with Gasteiger partial charge in [0.05, 0.1) is 7.11 Å². The molecule has 0 aliphatic carbocycles. The van der Waals surface area contributed by atoms with E-state index in [0.29, 0.717) is 6.54 Å². The predicted molar refractivity (Wildman–Crippen MR) is 59.5 cm³/mol. The molecule has 0 aromatic heterocycles. The van der Waals surface area contributed by atoms with Crippen LogP contribution in [-0.2, 0) is 6.42 Å². The van der Waals surface area contributed by atoms with Crippen LogP contribution >= 0.6 is 0 Å². The SMILES string of the molecule is COc1ccc(CC(C)(C)CN)cc1F. The summed E-state index contributed by atoms with van der Waals surface area (Å²) in [6.07, 6.45) is 0.768. The average molecular weight is 211 g/mol. The lowest BCUT2D eigenvalue weighted by Gasteiger charge is -2.22. The molecule has 0 fully saturated rings. The third kappa shape index (κ3) is 3.20. The van der Waals surface area contributed by atoms with Crippen molar-refractivity contribution in [3.63, 3.8) is 0 Å². The Bertz CT molecular complexity index is 336. The van der Waals surface area contributed by atoms with E-state index in [1.165, 1.54) is 13.2 Å². The van der Waals surface area contributed by atoms with E-state index < -0.39 is 0 Å². The number of nitrogens with two attached hydrogens (primary N) is 1. The molecule has 0 radical (unpaired) electrons. The van der Waals surface area contributed by atoms with E-state index in [1.807, 2.05) is 6.07 Å². The number of methoxy groups -OCH3 is 1. The topological polar surface area (TPSA) is 35.2 Å². The van der Waals surface area contributed by atoms with Gasteiger partial charge in [0.1, 0.15) is 0 Å². The number of rotatable bonds is 4. The number of ether oxygens (including phenoxy) is 1. The van der Waals surface area contributed by atoms with Gasteiger partial charge in [-0.05, 0) is 36.1 Å². The Morgan fingerprint density at radius 1 is 1.40 bits per heavy atom. The highest BCUT2D eigenvalue weighted by Crippen LogP contribution is 2.24. The third-order valence-electron chi connectivity index (χ3n) is 2.45. The van der Waals surface area contributed by atoms with E-state index in [0.717, 1.165) is 12.0 Å². The summed E-state index contributed by atoms with van der Waals surface area (Å²) < 4.78 is 18.2. The zero-order valence-electron chi connectivity index (χ0n) is 9.51. The fraction of sp³-hybridized carbons (Fsp3) is 0.500. The van der Waals surface area contributed by atoms with Crippen LogP contribution in [0, 0.1) is 11.2 Å².